The van der Waals surface area contributed by atoms with Crippen LogP contribution in [-0.4, -0.2) is 41.5 Å². The van der Waals surface area contributed by atoms with Gasteiger partial charge in [-0.15, -0.1) is 22.7 Å². The minimum Gasteiger partial charge on any atom is -0.461 e. The highest BCUT2D eigenvalue weighted by Crippen LogP contribution is 2.30. The second-order valence-electron chi connectivity index (χ2n) is 5.89. The number of thiazole rings is 1. The number of hydrogen-bond donors (Lipinski definition) is 0. The van der Waals surface area contributed by atoms with Gasteiger partial charge in [0.2, 0.25) is 5.91 Å². The molecule has 0 bridgehead atoms. The van der Waals surface area contributed by atoms with Crippen molar-refractivity contribution < 1.29 is 14.3 Å². The van der Waals surface area contributed by atoms with Crippen molar-refractivity contribution in [3.8, 4) is 0 Å². The first-order valence-corrected chi connectivity index (χ1v) is 11.0. The molecule has 3 rings (SSSR count). The van der Waals surface area contributed by atoms with Gasteiger partial charge in [-0.2, -0.15) is 0 Å². The highest BCUT2D eigenvalue weighted by molar-refractivity contribution is 9.10. The van der Waals surface area contributed by atoms with Crippen LogP contribution >= 0.6 is 38.6 Å². The van der Waals surface area contributed by atoms with Gasteiger partial charge in [0.25, 0.3) is 0 Å². The third-order valence-corrected chi connectivity index (χ3v) is 6.81. The number of hydrogen-bond acceptors (Lipinski definition) is 6. The molecule has 1 aliphatic rings. The van der Waals surface area contributed by atoms with E-state index in [-0.39, 0.29) is 11.9 Å². The number of nitrogens with zero attached hydrogens (tertiary/aromatic N) is 2. The average Bonchev–Trinajstić information content (AvgIpc) is 3.29. The third kappa shape index (κ3) is 4.81. The smallest absolute Gasteiger partial charge is 0.357 e. The monoisotopic (exact) mass is 454 g/mol. The van der Waals surface area contributed by atoms with E-state index in [1.165, 1.54) is 11.3 Å². The molecule has 0 unspecified atom stereocenters. The minimum atomic E-state index is -0.368. The van der Waals surface area contributed by atoms with E-state index in [0.717, 1.165) is 27.2 Å². The van der Waals surface area contributed by atoms with Crippen LogP contribution in [0.3, 0.4) is 0 Å². The first-order chi connectivity index (χ1) is 12.6. The first-order valence-electron chi connectivity index (χ1n) is 8.40. The Balaban J connectivity index is 1.53. The highest BCUT2D eigenvalue weighted by Gasteiger charge is 2.25. The number of thiophene rings is 1. The number of rotatable bonds is 5. The molecule has 138 valence electrons. The Morgan fingerprint density at radius 2 is 2.12 bits per heavy atom. The predicted octanol–water partition coefficient (Wildman–Crippen LogP) is 4.56. The molecular weight excluding hydrogens is 436 g/mol. The molecule has 0 aromatic carbocycles. The average molecular weight is 455 g/mol. The summed E-state index contributed by atoms with van der Waals surface area (Å²) >= 11 is 6.50. The summed E-state index contributed by atoms with van der Waals surface area (Å²) in [5.74, 6) is -0.0308. The quantitative estimate of drug-likeness (QED) is 0.490. The van der Waals surface area contributed by atoms with Gasteiger partial charge in [-0.1, -0.05) is 0 Å². The number of likely N-dealkylation sites (tertiary alicyclic amines) is 1. The van der Waals surface area contributed by atoms with Gasteiger partial charge in [0.05, 0.1) is 11.6 Å². The maximum Gasteiger partial charge on any atom is 0.357 e. The molecule has 2 aromatic heterocycles. The molecule has 0 aliphatic carbocycles. The van der Waals surface area contributed by atoms with Gasteiger partial charge >= 0.3 is 5.97 Å². The summed E-state index contributed by atoms with van der Waals surface area (Å²) in [5, 5.41) is 4.71. The zero-order valence-electron chi connectivity index (χ0n) is 14.3. The van der Waals surface area contributed by atoms with Crippen molar-refractivity contribution in [1.29, 1.82) is 0 Å². The largest absolute Gasteiger partial charge is 0.461 e. The molecule has 1 saturated heterocycles. The molecule has 2 aromatic rings. The van der Waals surface area contributed by atoms with E-state index in [1.54, 1.807) is 29.7 Å². The molecule has 1 amide bonds. The number of carbonyl (C=O) groups is 2. The molecule has 5 nitrogen and oxygen atoms in total. The van der Waals surface area contributed by atoms with Crippen LogP contribution < -0.4 is 0 Å². The number of carbonyl (C=O) groups excluding carboxylic acids is 2. The van der Waals surface area contributed by atoms with Gasteiger partial charge in [-0.05, 0) is 47.8 Å². The summed E-state index contributed by atoms with van der Waals surface area (Å²) in [7, 11) is 0. The maximum atomic E-state index is 12.3. The second-order valence-corrected chi connectivity index (χ2v) is 8.64. The summed E-state index contributed by atoms with van der Waals surface area (Å²) in [6, 6.07) is 1.99. The first kappa shape index (κ1) is 19.3. The number of halogens is 1. The Morgan fingerprint density at radius 3 is 2.77 bits per heavy atom. The lowest BCUT2D eigenvalue weighted by atomic mass is 9.97. The van der Waals surface area contributed by atoms with Crippen LogP contribution in [0.2, 0.25) is 0 Å². The normalized spacial score (nSPS) is 15.5. The van der Waals surface area contributed by atoms with Crippen molar-refractivity contribution in [3.05, 3.63) is 43.0 Å². The van der Waals surface area contributed by atoms with E-state index in [9.17, 15) is 9.59 Å². The number of ether oxygens (including phenoxy) is 1. The van der Waals surface area contributed by atoms with Gasteiger partial charge < -0.3 is 9.64 Å². The van der Waals surface area contributed by atoms with Crippen LogP contribution in [0.1, 0.15) is 46.1 Å². The van der Waals surface area contributed by atoms with Gasteiger partial charge in [0.15, 0.2) is 5.69 Å². The summed E-state index contributed by atoms with van der Waals surface area (Å²) in [5.41, 5.74) is 0.385. The molecule has 0 atom stereocenters. The summed E-state index contributed by atoms with van der Waals surface area (Å²) in [4.78, 5) is 31.4. The van der Waals surface area contributed by atoms with Crippen molar-refractivity contribution in [2.45, 2.75) is 25.7 Å². The van der Waals surface area contributed by atoms with Crippen LogP contribution in [0, 0.1) is 0 Å². The van der Waals surface area contributed by atoms with Gasteiger partial charge in [0.1, 0.15) is 0 Å². The van der Waals surface area contributed by atoms with E-state index < -0.39 is 0 Å². The van der Waals surface area contributed by atoms with Crippen molar-refractivity contribution in [2.75, 3.05) is 19.7 Å². The number of piperidine rings is 1. The van der Waals surface area contributed by atoms with Gasteiger partial charge in [-0.25, -0.2) is 9.78 Å². The standard InChI is InChI=1S/C18H19BrN2O3S2/c1-2-24-18(23)15-11-26-17(20-15)12-5-7-21(8-6-12)16(22)4-3-14-9-13(19)10-25-14/h3-4,9-12H,2,5-8H2,1H3/b4-3+. The van der Waals surface area contributed by atoms with Crippen molar-refractivity contribution in [1.82, 2.24) is 9.88 Å². The topological polar surface area (TPSA) is 59.5 Å². The number of aromatic nitrogens is 1. The minimum absolute atomic E-state index is 0.0410. The van der Waals surface area contributed by atoms with Crippen LogP contribution in [0.5, 0.6) is 0 Å². The Bertz CT molecular complexity index is 807. The SMILES string of the molecule is CCOC(=O)c1csc(C2CCN(C(=O)/C=C/c3cc(Br)cs3)CC2)n1. The molecule has 0 saturated carbocycles. The molecule has 1 aliphatic heterocycles. The lowest BCUT2D eigenvalue weighted by Gasteiger charge is -2.30. The molecule has 0 radical (unpaired) electrons. The van der Waals surface area contributed by atoms with Crippen molar-refractivity contribution >= 4 is 56.6 Å². The fraction of sp³-hybridized carbons (Fsp3) is 0.389. The number of esters is 1. The molecule has 8 heteroatoms. The van der Waals surface area contributed by atoms with Crippen LogP contribution in [0.15, 0.2) is 27.4 Å². The lowest BCUT2D eigenvalue weighted by Crippen LogP contribution is -2.36. The summed E-state index contributed by atoms with van der Waals surface area (Å²) in [6.07, 6.45) is 5.22. The van der Waals surface area contributed by atoms with Crippen molar-refractivity contribution in [2.24, 2.45) is 0 Å². The maximum absolute atomic E-state index is 12.3. The van der Waals surface area contributed by atoms with E-state index in [2.05, 4.69) is 20.9 Å². The third-order valence-electron chi connectivity index (χ3n) is 4.14. The predicted molar refractivity (Wildman–Crippen MR) is 108 cm³/mol. The Kier molecular flexibility index (Phi) is 6.61. The Labute approximate surface area is 168 Å². The van der Waals surface area contributed by atoms with Crippen LogP contribution in [0.25, 0.3) is 6.08 Å². The highest BCUT2D eigenvalue weighted by atomic mass is 79.9. The molecular formula is C18H19BrN2O3S2. The zero-order chi connectivity index (χ0) is 18.5. The van der Waals surface area contributed by atoms with Gasteiger partial charge in [-0.3, -0.25) is 4.79 Å². The lowest BCUT2D eigenvalue weighted by molar-refractivity contribution is -0.126. The van der Waals surface area contributed by atoms with Gasteiger partial charge in [0, 0.05) is 45.2 Å². The van der Waals surface area contributed by atoms with E-state index in [4.69, 9.17) is 4.74 Å². The molecule has 0 N–H and O–H groups in total. The Hall–Kier alpha value is -1.51. The van der Waals surface area contributed by atoms with E-state index in [0.29, 0.717) is 31.3 Å². The molecule has 0 spiro atoms. The zero-order valence-corrected chi connectivity index (χ0v) is 17.5. The fourth-order valence-electron chi connectivity index (χ4n) is 2.80. The fourth-order valence-corrected chi connectivity index (χ4v) is 5.09. The second kappa shape index (κ2) is 8.92. The molecule has 3 heterocycles. The van der Waals surface area contributed by atoms with E-state index >= 15 is 0 Å². The number of amides is 1. The van der Waals surface area contributed by atoms with Crippen LogP contribution in [-0.2, 0) is 9.53 Å². The summed E-state index contributed by atoms with van der Waals surface area (Å²) in [6.45, 7) is 3.54. The molecule has 1 fully saturated rings. The van der Waals surface area contributed by atoms with Crippen molar-refractivity contribution in [3.63, 3.8) is 0 Å². The van der Waals surface area contributed by atoms with Crippen LogP contribution in [0.4, 0.5) is 0 Å². The summed E-state index contributed by atoms with van der Waals surface area (Å²) < 4.78 is 6.01. The Morgan fingerprint density at radius 1 is 1.35 bits per heavy atom. The van der Waals surface area contributed by atoms with E-state index in [1.807, 2.05) is 22.4 Å². The molecule has 26 heavy (non-hydrogen) atoms.